The van der Waals surface area contributed by atoms with Crippen molar-refractivity contribution in [1.82, 2.24) is 10.2 Å². The first kappa shape index (κ1) is 32.8. The van der Waals surface area contributed by atoms with Gasteiger partial charge in [-0.2, -0.15) is 0 Å². The molecular weight excluding hydrogens is 629 g/mol. The third kappa shape index (κ3) is 8.37. The molecule has 10 heteroatoms. The zero-order valence-electron chi connectivity index (χ0n) is 25.2. The molecule has 4 aromatic rings. The quantitative estimate of drug-likeness (QED) is 0.187. The molecule has 0 aromatic heterocycles. The summed E-state index contributed by atoms with van der Waals surface area (Å²) in [5.74, 6) is -0.783. The number of anilines is 1. The number of carbonyl (C=O) groups excluding carboxylic acids is 2. The highest BCUT2D eigenvalue weighted by Gasteiger charge is 2.34. The van der Waals surface area contributed by atoms with Crippen LogP contribution >= 0.6 is 23.2 Å². The Hall–Kier alpha value is -3.59. The van der Waals surface area contributed by atoms with Gasteiger partial charge in [-0.25, -0.2) is 8.42 Å². The molecule has 1 N–H and O–H groups in total. The Kier molecular flexibility index (Phi) is 10.7. The summed E-state index contributed by atoms with van der Waals surface area (Å²) in [5, 5.41) is 5.44. The van der Waals surface area contributed by atoms with E-state index in [9.17, 15) is 18.0 Å². The number of hydrogen-bond acceptors (Lipinski definition) is 4. The van der Waals surface area contributed by atoms with Crippen molar-refractivity contribution in [1.29, 1.82) is 0 Å². The number of carbonyl (C=O) groups is 2. The monoisotopic (exact) mass is 665 g/mol. The van der Waals surface area contributed by atoms with E-state index in [0.29, 0.717) is 26.7 Å². The molecule has 0 aliphatic heterocycles. The molecule has 1 fully saturated rings. The van der Waals surface area contributed by atoms with E-state index in [1.54, 1.807) is 30.3 Å². The zero-order chi connectivity index (χ0) is 32.0. The van der Waals surface area contributed by atoms with E-state index in [1.807, 2.05) is 60.7 Å². The summed E-state index contributed by atoms with van der Waals surface area (Å²) < 4.78 is 27.7. The standard InChI is InChI=1S/C35H37Cl2N3O4S/c1-45(43,44)40(32-18-10-14-27-13-8-9-17-29(27)32)24-34(41)39(23-26-19-20-30(36)31(37)21-26)33(22-25-11-4-2-5-12-25)35(42)38-28-15-6-3-7-16-28/h2,4-5,8-14,17-21,28,33H,3,6-7,15-16,22-24H2,1H3,(H,38,42). The maximum absolute atomic E-state index is 14.5. The molecule has 2 amide bonds. The minimum absolute atomic E-state index is 0.0228. The first-order chi connectivity index (χ1) is 21.6. The maximum atomic E-state index is 14.5. The van der Waals surface area contributed by atoms with Crippen molar-refractivity contribution in [2.45, 2.75) is 57.2 Å². The number of nitrogens with zero attached hydrogens (tertiary/aromatic N) is 2. The second kappa shape index (κ2) is 14.7. The molecule has 0 bridgehead atoms. The normalized spacial score (nSPS) is 14.6. The van der Waals surface area contributed by atoms with E-state index in [2.05, 4.69) is 5.32 Å². The van der Waals surface area contributed by atoms with Crippen molar-refractivity contribution < 1.29 is 18.0 Å². The minimum atomic E-state index is -3.90. The second-order valence-electron chi connectivity index (χ2n) is 11.6. The highest BCUT2D eigenvalue weighted by molar-refractivity contribution is 7.92. The molecule has 236 valence electrons. The van der Waals surface area contributed by atoms with Gasteiger partial charge in [0.1, 0.15) is 12.6 Å². The van der Waals surface area contributed by atoms with Crippen molar-refractivity contribution >= 4 is 61.5 Å². The molecule has 1 atom stereocenters. The summed E-state index contributed by atoms with van der Waals surface area (Å²) in [6, 6.07) is 26.5. The predicted octanol–water partition coefficient (Wildman–Crippen LogP) is 7.00. The lowest BCUT2D eigenvalue weighted by Gasteiger charge is -2.35. The molecule has 0 spiro atoms. The van der Waals surface area contributed by atoms with E-state index in [1.165, 1.54) is 4.90 Å². The number of amides is 2. The van der Waals surface area contributed by atoms with Crippen LogP contribution in [-0.4, -0.2) is 50.0 Å². The number of sulfonamides is 1. The number of hydrogen-bond donors (Lipinski definition) is 1. The number of halogens is 2. The molecule has 1 saturated carbocycles. The van der Waals surface area contributed by atoms with Crippen molar-refractivity contribution in [2.24, 2.45) is 0 Å². The van der Waals surface area contributed by atoms with Crippen molar-refractivity contribution in [2.75, 3.05) is 17.1 Å². The lowest BCUT2D eigenvalue weighted by molar-refractivity contribution is -0.140. The molecular formula is C35H37Cl2N3O4S. The van der Waals surface area contributed by atoms with E-state index in [4.69, 9.17) is 23.2 Å². The summed E-state index contributed by atoms with van der Waals surface area (Å²) in [5.41, 5.74) is 1.93. The Labute approximate surface area is 275 Å². The van der Waals surface area contributed by atoms with Crippen LogP contribution in [0.2, 0.25) is 10.0 Å². The van der Waals surface area contributed by atoms with Gasteiger partial charge in [0.15, 0.2) is 0 Å². The average molecular weight is 667 g/mol. The van der Waals surface area contributed by atoms with E-state index in [0.717, 1.165) is 53.6 Å². The van der Waals surface area contributed by atoms with Gasteiger partial charge in [0, 0.05) is 24.4 Å². The molecule has 1 aliphatic carbocycles. The molecule has 0 heterocycles. The molecule has 0 radical (unpaired) electrons. The van der Waals surface area contributed by atoms with Gasteiger partial charge in [-0.05, 0) is 47.6 Å². The lowest BCUT2D eigenvalue weighted by Crippen LogP contribution is -2.55. The van der Waals surface area contributed by atoms with Crippen LogP contribution in [0.4, 0.5) is 5.69 Å². The fourth-order valence-corrected chi connectivity index (χ4v) is 7.14. The first-order valence-corrected chi connectivity index (χ1v) is 17.7. The molecule has 1 aliphatic rings. The SMILES string of the molecule is CS(=O)(=O)N(CC(=O)N(Cc1ccc(Cl)c(Cl)c1)C(Cc1ccccc1)C(=O)NC1CCCCC1)c1cccc2ccccc12. The molecule has 5 rings (SSSR count). The summed E-state index contributed by atoms with van der Waals surface area (Å²) in [6.45, 7) is -0.464. The number of benzene rings is 4. The third-order valence-corrected chi connectivity index (χ3v) is 10.1. The van der Waals surface area contributed by atoms with Crippen LogP contribution in [0.5, 0.6) is 0 Å². The zero-order valence-corrected chi connectivity index (χ0v) is 27.5. The van der Waals surface area contributed by atoms with E-state index in [-0.39, 0.29) is 24.9 Å². The maximum Gasteiger partial charge on any atom is 0.244 e. The fourth-order valence-electron chi connectivity index (χ4n) is 5.95. The van der Waals surface area contributed by atoms with Gasteiger partial charge in [0.2, 0.25) is 21.8 Å². The molecule has 4 aromatic carbocycles. The highest BCUT2D eigenvalue weighted by atomic mass is 35.5. The Morgan fingerprint density at radius 2 is 1.53 bits per heavy atom. The number of rotatable bonds is 11. The van der Waals surface area contributed by atoms with Crippen LogP contribution in [0.15, 0.2) is 91.0 Å². The minimum Gasteiger partial charge on any atom is -0.352 e. The largest absolute Gasteiger partial charge is 0.352 e. The van der Waals surface area contributed by atoms with Crippen LogP contribution in [0.25, 0.3) is 10.8 Å². The van der Waals surface area contributed by atoms with Gasteiger partial charge in [0.05, 0.1) is 22.0 Å². The van der Waals surface area contributed by atoms with Gasteiger partial charge >= 0.3 is 0 Å². The fraction of sp³-hybridized carbons (Fsp3) is 0.314. The van der Waals surface area contributed by atoms with Gasteiger partial charge in [-0.1, -0.05) is 115 Å². The van der Waals surface area contributed by atoms with Gasteiger partial charge in [-0.3, -0.25) is 13.9 Å². The molecule has 0 saturated heterocycles. The highest BCUT2D eigenvalue weighted by Crippen LogP contribution is 2.30. The number of fused-ring (bicyclic) bond motifs is 1. The topological polar surface area (TPSA) is 86.8 Å². The smallest absolute Gasteiger partial charge is 0.244 e. The average Bonchev–Trinajstić information content (AvgIpc) is 3.03. The molecule has 7 nitrogen and oxygen atoms in total. The Balaban J connectivity index is 1.55. The van der Waals surface area contributed by atoms with Crippen LogP contribution in [0, 0.1) is 0 Å². The van der Waals surface area contributed by atoms with Crippen LogP contribution < -0.4 is 9.62 Å². The van der Waals surface area contributed by atoms with Crippen LogP contribution in [0.3, 0.4) is 0 Å². The number of nitrogens with one attached hydrogen (secondary N) is 1. The Morgan fingerprint density at radius 1 is 0.844 bits per heavy atom. The second-order valence-corrected chi connectivity index (χ2v) is 14.3. The van der Waals surface area contributed by atoms with E-state index < -0.39 is 28.5 Å². The third-order valence-electron chi connectivity index (χ3n) is 8.27. The summed E-state index contributed by atoms with van der Waals surface area (Å²) in [6.07, 6.45) is 6.31. The Morgan fingerprint density at radius 3 is 2.24 bits per heavy atom. The summed E-state index contributed by atoms with van der Waals surface area (Å²) in [4.78, 5) is 30.1. The van der Waals surface area contributed by atoms with Crippen molar-refractivity contribution in [3.05, 3.63) is 112 Å². The van der Waals surface area contributed by atoms with Crippen molar-refractivity contribution in [3.8, 4) is 0 Å². The van der Waals surface area contributed by atoms with Gasteiger partial charge < -0.3 is 10.2 Å². The first-order valence-electron chi connectivity index (χ1n) is 15.1. The summed E-state index contributed by atoms with van der Waals surface area (Å²) >= 11 is 12.5. The van der Waals surface area contributed by atoms with Crippen LogP contribution in [-0.2, 0) is 32.6 Å². The van der Waals surface area contributed by atoms with E-state index >= 15 is 0 Å². The molecule has 45 heavy (non-hydrogen) atoms. The van der Waals surface area contributed by atoms with Crippen molar-refractivity contribution in [3.63, 3.8) is 0 Å². The Bertz CT molecular complexity index is 1760. The predicted molar refractivity (Wildman–Crippen MR) is 182 cm³/mol. The lowest BCUT2D eigenvalue weighted by atomic mass is 9.94. The summed E-state index contributed by atoms with van der Waals surface area (Å²) in [7, 11) is -3.90. The van der Waals surface area contributed by atoms with Gasteiger partial charge in [-0.15, -0.1) is 0 Å². The molecule has 1 unspecified atom stereocenters. The van der Waals surface area contributed by atoms with Gasteiger partial charge in [0.25, 0.3) is 0 Å². The van der Waals surface area contributed by atoms with Crippen LogP contribution in [0.1, 0.15) is 43.2 Å².